The summed E-state index contributed by atoms with van der Waals surface area (Å²) >= 11 is 5.96. The number of hydrogen-bond donors (Lipinski definition) is 0. The fourth-order valence-corrected chi connectivity index (χ4v) is 3.25. The molecule has 0 atom stereocenters. The molecule has 0 saturated carbocycles. The maximum atomic E-state index is 12.5. The lowest BCUT2D eigenvalue weighted by atomic mass is 10.2. The first-order valence-electron chi connectivity index (χ1n) is 9.52. The van der Waals surface area contributed by atoms with Crippen LogP contribution in [0.25, 0.3) is 0 Å². The molecular formula is C22H25ClN2O4. The lowest BCUT2D eigenvalue weighted by Gasteiger charge is -2.31. The number of hydrogen-bond acceptors (Lipinski definition) is 5. The smallest absolute Gasteiger partial charge is 0.429 e. The molecule has 0 unspecified atom stereocenters. The maximum absolute atomic E-state index is 12.5. The molecule has 2 aromatic carbocycles. The molecule has 154 valence electrons. The third-order valence-corrected chi connectivity index (χ3v) is 4.51. The molecular weight excluding hydrogens is 392 g/mol. The number of carbonyl (C=O) groups excluding carboxylic acids is 2. The van der Waals surface area contributed by atoms with Crippen LogP contribution in [0.2, 0.25) is 5.02 Å². The first kappa shape index (κ1) is 21.0. The highest BCUT2D eigenvalue weighted by Gasteiger charge is 2.31. The Morgan fingerprint density at radius 3 is 2.55 bits per heavy atom. The number of amides is 1. The number of anilines is 1. The molecule has 29 heavy (non-hydrogen) atoms. The van der Waals surface area contributed by atoms with Crippen LogP contribution < -0.4 is 5.01 Å². The molecule has 1 aliphatic rings. The normalized spacial score (nSPS) is 14.1. The Kier molecular flexibility index (Phi) is 6.33. The van der Waals surface area contributed by atoms with Gasteiger partial charge in [0, 0.05) is 18.1 Å². The van der Waals surface area contributed by atoms with Crippen LogP contribution in [0.15, 0.2) is 48.5 Å². The molecule has 0 aliphatic carbocycles. The van der Waals surface area contributed by atoms with Gasteiger partial charge in [-0.2, -0.15) is 0 Å². The summed E-state index contributed by atoms with van der Waals surface area (Å²) in [4.78, 5) is 25.0. The van der Waals surface area contributed by atoms with E-state index in [0.717, 1.165) is 17.7 Å². The second-order valence-corrected chi connectivity index (χ2v) is 8.27. The minimum absolute atomic E-state index is 0.136. The van der Waals surface area contributed by atoms with Gasteiger partial charge in [0.15, 0.2) is 0 Å². The molecule has 2 aromatic rings. The summed E-state index contributed by atoms with van der Waals surface area (Å²) in [5, 5.41) is 4.00. The summed E-state index contributed by atoms with van der Waals surface area (Å²) in [6, 6.07) is 14.2. The van der Waals surface area contributed by atoms with Crippen molar-refractivity contribution >= 4 is 29.4 Å². The Balaban J connectivity index is 1.69. The summed E-state index contributed by atoms with van der Waals surface area (Å²) in [5.74, 6) is -0.435. The monoisotopic (exact) mass is 416 g/mol. The molecule has 6 nitrogen and oxygen atoms in total. The zero-order valence-electron chi connectivity index (χ0n) is 16.9. The van der Waals surface area contributed by atoms with Gasteiger partial charge in [-0.1, -0.05) is 29.8 Å². The Hall–Kier alpha value is -2.73. The van der Waals surface area contributed by atoms with E-state index in [0.29, 0.717) is 23.7 Å². The molecule has 0 bridgehead atoms. The van der Waals surface area contributed by atoms with Gasteiger partial charge in [0.1, 0.15) is 12.2 Å². The van der Waals surface area contributed by atoms with E-state index in [1.165, 1.54) is 0 Å². The van der Waals surface area contributed by atoms with Crippen LogP contribution in [-0.2, 0) is 16.1 Å². The standard InChI is InChI=1S/C22H25ClN2O4/c1-22(2,3)29-21(27)25-12-6-11-24(25)19-10-5-8-17(14-19)20(26)28-15-16-7-4-9-18(23)13-16/h4-5,7-10,13-14H,6,11-12,15H2,1-3H3. The van der Waals surface area contributed by atoms with Crippen molar-refractivity contribution in [2.75, 3.05) is 18.1 Å². The molecule has 0 spiro atoms. The molecule has 3 rings (SSSR count). The van der Waals surface area contributed by atoms with E-state index in [9.17, 15) is 9.59 Å². The van der Waals surface area contributed by atoms with E-state index in [2.05, 4.69) is 0 Å². The lowest BCUT2D eigenvalue weighted by Crippen LogP contribution is -2.44. The van der Waals surface area contributed by atoms with Crippen molar-refractivity contribution < 1.29 is 19.1 Å². The van der Waals surface area contributed by atoms with Crippen LogP contribution >= 0.6 is 11.6 Å². The van der Waals surface area contributed by atoms with Gasteiger partial charge >= 0.3 is 12.1 Å². The van der Waals surface area contributed by atoms with Gasteiger partial charge in [-0.05, 0) is 63.1 Å². The molecule has 1 saturated heterocycles. The number of hydrazine groups is 1. The maximum Gasteiger partial charge on any atom is 0.429 e. The highest BCUT2D eigenvalue weighted by molar-refractivity contribution is 6.30. The lowest BCUT2D eigenvalue weighted by molar-refractivity contribution is 0.0274. The second-order valence-electron chi connectivity index (χ2n) is 7.84. The molecule has 1 fully saturated rings. The van der Waals surface area contributed by atoms with E-state index >= 15 is 0 Å². The highest BCUT2D eigenvalue weighted by atomic mass is 35.5. The third kappa shape index (κ3) is 5.64. The summed E-state index contributed by atoms with van der Waals surface area (Å²) in [6.45, 7) is 6.88. The van der Waals surface area contributed by atoms with Crippen molar-refractivity contribution in [3.63, 3.8) is 0 Å². The van der Waals surface area contributed by atoms with E-state index in [4.69, 9.17) is 21.1 Å². The van der Waals surface area contributed by atoms with Crippen molar-refractivity contribution in [2.24, 2.45) is 0 Å². The number of rotatable bonds is 4. The van der Waals surface area contributed by atoms with Gasteiger partial charge in [0.25, 0.3) is 0 Å². The predicted molar refractivity (Wildman–Crippen MR) is 112 cm³/mol. The predicted octanol–water partition coefficient (Wildman–Crippen LogP) is 5.06. The first-order chi connectivity index (χ1) is 13.7. The molecule has 1 aliphatic heterocycles. The van der Waals surface area contributed by atoms with E-state index in [-0.39, 0.29) is 6.61 Å². The molecule has 0 radical (unpaired) electrons. The Labute approximate surface area is 175 Å². The van der Waals surface area contributed by atoms with Gasteiger partial charge in [-0.15, -0.1) is 0 Å². The summed E-state index contributed by atoms with van der Waals surface area (Å²) in [7, 11) is 0. The quantitative estimate of drug-likeness (QED) is 0.652. The minimum Gasteiger partial charge on any atom is -0.457 e. The van der Waals surface area contributed by atoms with Crippen LogP contribution in [0.5, 0.6) is 0 Å². The summed E-state index contributed by atoms with van der Waals surface area (Å²) in [6.07, 6.45) is 0.423. The molecule has 1 heterocycles. The average Bonchev–Trinajstić information content (AvgIpc) is 3.15. The first-order valence-corrected chi connectivity index (χ1v) is 9.90. The SMILES string of the molecule is CC(C)(C)OC(=O)N1CCCN1c1cccc(C(=O)OCc2cccc(Cl)c2)c1. The number of carbonyl (C=O) groups is 2. The molecule has 0 N–H and O–H groups in total. The van der Waals surface area contributed by atoms with Crippen LogP contribution in [0.4, 0.5) is 10.5 Å². The van der Waals surface area contributed by atoms with Crippen molar-refractivity contribution in [1.29, 1.82) is 0 Å². The molecule has 0 aromatic heterocycles. The van der Waals surface area contributed by atoms with Crippen LogP contribution in [0.1, 0.15) is 43.1 Å². The van der Waals surface area contributed by atoms with Crippen LogP contribution in [0.3, 0.4) is 0 Å². The average molecular weight is 417 g/mol. The van der Waals surface area contributed by atoms with Crippen molar-refractivity contribution in [1.82, 2.24) is 5.01 Å². The van der Waals surface area contributed by atoms with Gasteiger partial charge in [-0.25, -0.2) is 14.6 Å². The largest absolute Gasteiger partial charge is 0.457 e. The summed E-state index contributed by atoms with van der Waals surface area (Å²) < 4.78 is 10.9. The fraction of sp³-hybridized carbons (Fsp3) is 0.364. The Morgan fingerprint density at radius 1 is 1.07 bits per heavy atom. The fourth-order valence-electron chi connectivity index (χ4n) is 3.04. The van der Waals surface area contributed by atoms with Crippen LogP contribution in [-0.4, -0.2) is 35.8 Å². The van der Waals surface area contributed by atoms with Crippen LogP contribution in [0, 0.1) is 0 Å². The van der Waals surface area contributed by atoms with E-state index in [1.54, 1.807) is 35.3 Å². The van der Waals surface area contributed by atoms with Crippen molar-refractivity contribution in [2.45, 2.75) is 39.4 Å². The van der Waals surface area contributed by atoms with Crippen molar-refractivity contribution in [3.8, 4) is 0 Å². The second kappa shape index (κ2) is 8.74. The van der Waals surface area contributed by atoms with E-state index < -0.39 is 17.7 Å². The minimum atomic E-state index is -0.572. The van der Waals surface area contributed by atoms with E-state index in [1.807, 2.05) is 44.0 Å². The van der Waals surface area contributed by atoms with Gasteiger partial charge < -0.3 is 9.47 Å². The topological polar surface area (TPSA) is 59.1 Å². The molecule has 1 amide bonds. The number of halogens is 1. The zero-order chi connectivity index (χ0) is 21.0. The molecule has 7 heteroatoms. The van der Waals surface area contributed by atoms with Crippen molar-refractivity contribution in [3.05, 3.63) is 64.7 Å². The number of benzene rings is 2. The Bertz CT molecular complexity index is 894. The number of nitrogens with zero attached hydrogens (tertiary/aromatic N) is 2. The third-order valence-electron chi connectivity index (χ3n) is 4.27. The van der Waals surface area contributed by atoms with Gasteiger partial charge in [0.2, 0.25) is 0 Å². The van der Waals surface area contributed by atoms with Gasteiger partial charge in [0.05, 0.1) is 11.3 Å². The van der Waals surface area contributed by atoms with Gasteiger partial charge in [-0.3, -0.25) is 5.01 Å². The number of esters is 1. The highest BCUT2D eigenvalue weighted by Crippen LogP contribution is 2.25. The summed E-state index contributed by atoms with van der Waals surface area (Å²) in [5.41, 5.74) is 1.40. The Morgan fingerprint density at radius 2 is 1.83 bits per heavy atom. The zero-order valence-corrected chi connectivity index (χ0v) is 17.6. The number of ether oxygens (including phenoxy) is 2.